The summed E-state index contributed by atoms with van der Waals surface area (Å²) in [6.45, 7) is 1.94. The molecular weight excluding hydrogens is 224 g/mol. The minimum atomic E-state index is -0.872. The molecule has 0 saturated heterocycles. The molecule has 1 unspecified atom stereocenters. The van der Waals surface area contributed by atoms with Gasteiger partial charge in [0.2, 0.25) is 0 Å². The van der Waals surface area contributed by atoms with Gasteiger partial charge in [0.15, 0.2) is 5.78 Å². The Morgan fingerprint density at radius 3 is 2.88 bits per heavy atom. The third-order valence-electron chi connectivity index (χ3n) is 1.97. The number of terminal acetylenes is 1. The van der Waals surface area contributed by atoms with Crippen LogP contribution >= 0.6 is 11.3 Å². The Kier molecular flexibility index (Phi) is 4.74. The topological polar surface area (TPSA) is 43.4 Å². The van der Waals surface area contributed by atoms with Crippen molar-refractivity contribution in [2.24, 2.45) is 5.92 Å². The molecule has 0 aliphatic carbocycles. The van der Waals surface area contributed by atoms with Crippen LogP contribution in [0.25, 0.3) is 0 Å². The first-order valence-corrected chi connectivity index (χ1v) is 5.76. The quantitative estimate of drug-likeness (QED) is 0.340. The predicted molar refractivity (Wildman–Crippen MR) is 62.2 cm³/mol. The van der Waals surface area contributed by atoms with Gasteiger partial charge in [0.1, 0.15) is 5.92 Å². The van der Waals surface area contributed by atoms with Crippen LogP contribution in [0.3, 0.4) is 0 Å². The lowest BCUT2D eigenvalue weighted by Gasteiger charge is -2.10. The molecule has 0 bridgehead atoms. The van der Waals surface area contributed by atoms with Crippen molar-refractivity contribution in [2.45, 2.75) is 13.3 Å². The van der Waals surface area contributed by atoms with E-state index in [1.165, 1.54) is 11.3 Å². The fraction of sp³-hybridized carbons (Fsp3) is 0.333. The van der Waals surface area contributed by atoms with Gasteiger partial charge in [-0.1, -0.05) is 6.07 Å². The summed E-state index contributed by atoms with van der Waals surface area (Å²) in [7, 11) is 0. The largest absolute Gasteiger partial charge is 0.465 e. The summed E-state index contributed by atoms with van der Waals surface area (Å²) in [5.74, 6) is 0.661. The Bertz CT molecular complexity index is 400. The number of ether oxygens (including phenoxy) is 1. The molecule has 1 rings (SSSR count). The molecule has 0 spiro atoms. The van der Waals surface area contributed by atoms with E-state index in [-0.39, 0.29) is 18.8 Å². The van der Waals surface area contributed by atoms with Gasteiger partial charge in [0.05, 0.1) is 11.5 Å². The smallest absolute Gasteiger partial charge is 0.317 e. The maximum absolute atomic E-state index is 11.9. The first kappa shape index (κ1) is 12.5. The molecule has 4 heteroatoms. The second kappa shape index (κ2) is 6.09. The third-order valence-corrected chi connectivity index (χ3v) is 2.86. The predicted octanol–water partition coefficient (Wildman–Crippen LogP) is 2.13. The number of ketones is 1. The molecule has 1 atom stereocenters. The molecule has 0 N–H and O–H groups in total. The molecule has 1 aromatic rings. The van der Waals surface area contributed by atoms with E-state index >= 15 is 0 Å². The van der Waals surface area contributed by atoms with Gasteiger partial charge < -0.3 is 4.74 Å². The van der Waals surface area contributed by atoms with Crippen molar-refractivity contribution in [2.75, 3.05) is 6.61 Å². The molecule has 84 valence electrons. The van der Waals surface area contributed by atoms with E-state index < -0.39 is 11.9 Å². The summed E-state index contributed by atoms with van der Waals surface area (Å²) in [6, 6.07) is 3.44. The summed E-state index contributed by atoms with van der Waals surface area (Å²) < 4.78 is 4.83. The summed E-state index contributed by atoms with van der Waals surface area (Å²) in [5, 5.41) is 1.78. The van der Waals surface area contributed by atoms with Gasteiger partial charge in [0, 0.05) is 6.42 Å². The second-order valence-electron chi connectivity index (χ2n) is 3.05. The summed E-state index contributed by atoms with van der Waals surface area (Å²) in [6.07, 6.45) is 5.23. The van der Waals surface area contributed by atoms with Crippen LogP contribution in [0.15, 0.2) is 17.5 Å². The van der Waals surface area contributed by atoms with Crippen LogP contribution in [-0.2, 0) is 9.53 Å². The van der Waals surface area contributed by atoms with Gasteiger partial charge in [0.25, 0.3) is 0 Å². The van der Waals surface area contributed by atoms with Crippen LogP contribution in [0, 0.1) is 18.3 Å². The van der Waals surface area contributed by atoms with E-state index in [9.17, 15) is 9.59 Å². The van der Waals surface area contributed by atoms with Crippen molar-refractivity contribution in [3.05, 3.63) is 22.4 Å². The minimum Gasteiger partial charge on any atom is -0.465 e. The Balaban J connectivity index is 2.82. The number of Topliss-reactive ketones (excluding diaryl/α,β-unsaturated/α-hetero) is 1. The fourth-order valence-corrected chi connectivity index (χ4v) is 1.95. The number of thiophene rings is 1. The Hall–Kier alpha value is -1.60. The number of carbonyl (C=O) groups is 2. The average Bonchev–Trinajstić information content (AvgIpc) is 2.78. The summed E-state index contributed by atoms with van der Waals surface area (Å²) in [4.78, 5) is 24.0. The zero-order valence-electron chi connectivity index (χ0n) is 8.93. The summed E-state index contributed by atoms with van der Waals surface area (Å²) >= 11 is 1.29. The van der Waals surface area contributed by atoms with Crippen LogP contribution in [0.5, 0.6) is 0 Å². The molecule has 0 saturated carbocycles. The van der Waals surface area contributed by atoms with E-state index in [0.717, 1.165) is 0 Å². The van der Waals surface area contributed by atoms with Crippen molar-refractivity contribution >= 4 is 23.1 Å². The van der Waals surface area contributed by atoms with Crippen molar-refractivity contribution < 1.29 is 14.3 Å². The molecule has 0 aliphatic rings. The fourth-order valence-electron chi connectivity index (χ4n) is 1.23. The van der Waals surface area contributed by atoms with Crippen LogP contribution in [-0.4, -0.2) is 18.4 Å². The monoisotopic (exact) mass is 236 g/mol. The van der Waals surface area contributed by atoms with Crippen LogP contribution in [0.1, 0.15) is 23.0 Å². The number of esters is 1. The standard InChI is InChI=1S/C12H12O3S/c1-3-6-9(12(14)15-4-2)11(13)10-7-5-8-16-10/h1,5,7-9H,4,6H2,2H3. The molecular formula is C12H12O3S. The SMILES string of the molecule is C#CCC(C(=O)OCC)C(=O)c1cccs1. The first-order chi connectivity index (χ1) is 7.70. The highest BCUT2D eigenvalue weighted by Crippen LogP contribution is 2.18. The van der Waals surface area contributed by atoms with Crippen LogP contribution in [0.2, 0.25) is 0 Å². The normalized spacial score (nSPS) is 11.5. The van der Waals surface area contributed by atoms with E-state index in [4.69, 9.17) is 11.2 Å². The molecule has 0 fully saturated rings. The van der Waals surface area contributed by atoms with Crippen LogP contribution < -0.4 is 0 Å². The zero-order chi connectivity index (χ0) is 12.0. The van der Waals surface area contributed by atoms with Crippen molar-refractivity contribution in [3.63, 3.8) is 0 Å². The minimum absolute atomic E-state index is 0.0789. The van der Waals surface area contributed by atoms with E-state index in [1.807, 2.05) is 0 Å². The summed E-state index contributed by atoms with van der Waals surface area (Å²) in [5.41, 5.74) is 0. The third kappa shape index (κ3) is 2.94. The Morgan fingerprint density at radius 1 is 1.62 bits per heavy atom. The van der Waals surface area contributed by atoms with E-state index in [0.29, 0.717) is 4.88 Å². The molecule has 0 aliphatic heterocycles. The molecule has 1 heterocycles. The van der Waals surface area contributed by atoms with Crippen molar-refractivity contribution in [1.29, 1.82) is 0 Å². The van der Waals surface area contributed by atoms with Gasteiger partial charge in [-0.2, -0.15) is 0 Å². The number of hydrogen-bond acceptors (Lipinski definition) is 4. The number of hydrogen-bond donors (Lipinski definition) is 0. The maximum atomic E-state index is 11.9. The lowest BCUT2D eigenvalue weighted by Crippen LogP contribution is -2.25. The molecule has 16 heavy (non-hydrogen) atoms. The highest BCUT2D eigenvalue weighted by molar-refractivity contribution is 7.12. The van der Waals surface area contributed by atoms with Crippen molar-refractivity contribution in [1.82, 2.24) is 0 Å². The highest BCUT2D eigenvalue weighted by atomic mass is 32.1. The average molecular weight is 236 g/mol. The maximum Gasteiger partial charge on any atom is 0.317 e. The second-order valence-corrected chi connectivity index (χ2v) is 4.00. The number of rotatable bonds is 5. The Labute approximate surface area is 98.4 Å². The van der Waals surface area contributed by atoms with E-state index in [2.05, 4.69) is 5.92 Å². The lowest BCUT2D eigenvalue weighted by molar-refractivity contribution is -0.146. The Morgan fingerprint density at radius 2 is 2.38 bits per heavy atom. The zero-order valence-corrected chi connectivity index (χ0v) is 9.75. The molecule has 3 nitrogen and oxygen atoms in total. The lowest BCUT2D eigenvalue weighted by atomic mass is 9.99. The van der Waals surface area contributed by atoms with Crippen LogP contribution in [0.4, 0.5) is 0 Å². The van der Waals surface area contributed by atoms with Gasteiger partial charge >= 0.3 is 5.97 Å². The molecule has 0 radical (unpaired) electrons. The van der Waals surface area contributed by atoms with Gasteiger partial charge in [-0.15, -0.1) is 23.7 Å². The van der Waals surface area contributed by atoms with Crippen molar-refractivity contribution in [3.8, 4) is 12.3 Å². The number of carbonyl (C=O) groups excluding carboxylic acids is 2. The highest BCUT2D eigenvalue weighted by Gasteiger charge is 2.28. The molecule has 1 aromatic heterocycles. The van der Waals surface area contributed by atoms with E-state index in [1.54, 1.807) is 24.4 Å². The molecule has 0 aromatic carbocycles. The first-order valence-electron chi connectivity index (χ1n) is 4.88. The molecule has 0 amide bonds. The van der Waals surface area contributed by atoms with Gasteiger partial charge in [-0.05, 0) is 18.4 Å². The van der Waals surface area contributed by atoms with Gasteiger partial charge in [-0.3, -0.25) is 9.59 Å². The van der Waals surface area contributed by atoms with Gasteiger partial charge in [-0.25, -0.2) is 0 Å².